The summed E-state index contributed by atoms with van der Waals surface area (Å²) in [6.07, 6.45) is 4.27. The van der Waals surface area contributed by atoms with Crippen LogP contribution in [0.25, 0.3) is 21.2 Å². The number of fused-ring (bicyclic) bond motifs is 2. The number of nitrogen functional groups attached to an aromatic ring is 1. The summed E-state index contributed by atoms with van der Waals surface area (Å²) in [5, 5.41) is 16.8. The van der Waals surface area contributed by atoms with Crippen molar-refractivity contribution in [2.45, 2.75) is 31.8 Å². The Morgan fingerprint density at radius 2 is 2.05 bits per heavy atom. The standard InChI is InChI=1S/C26H20F2N8O4S/c1-11-6-17(24(37)31-9-13-7-12-8-32-35-22(29)21(12)41-13)36-23(11)30-10-15(26(36)39)14-2-3-16(27)20(19(14)28)34-25(38)18-4-5-33-40-18/h2-5,7-8,10-11,17H,6,9H2,1H3,(H2,29,35)(H,31,37)(H,34,38)/t11-,17+/m1/s1. The molecule has 1 aliphatic heterocycles. The fourth-order valence-electron chi connectivity index (χ4n) is 4.82. The zero-order valence-electron chi connectivity index (χ0n) is 21.2. The van der Waals surface area contributed by atoms with Crippen molar-refractivity contribution in [1.82, 2.24) is 30.2 Å². The number of carbonyl (C=O) groups excluding carboxylic acids is 2. The maximum atomic E-state index is 15.5. The van der Waals surface area contributed by atoms with Crippen LogP contribution in [-0.2, 0) is 11.3 Å². The number of hydrogen-bond donors (Lipinski definition) is 3. The zero-order chi connectivity index (χ0) is 28.8. The number of amides is 2. The molecule has 1 aromatic carbocycles. The molecule has 0 unspecified atom stereocenters. The molecular weight excluding hydrogens is 558 g/mol. The van der Waals surface area contributed by atoms with E-state index in [2.05, 4.69) is 31.0 Å². The Kier molecular flexibility index (Phi) is 6.49. The van der Waals surface area contributed by atoms with Crippen molar-refractivity contribution in [1.29, 1.82) is 0 Å². The molecule has 5 heterocycles. The molecule has 0 bridgehead atoms. The number of anilines is 2. The summed E-state index contributed by atoms with van der Waals surface area (Å²) < 4.78 is 36.8. The van der Waals surface area contributed by atoms with E-state index in [4.69, 9.17) is 10.3 Å². The lowest BCUT2D eigenvalue weighted by atomic mass is 10.1. The highest BCUT2D eigenvalue weighted by molar-refractivity contribution is 7.19. The summed E-state index contributed by atoms with van der Waals surface area (Å²) in [5.41, 5.74) is 3.93. The number of thiophene rings is 1. The van der Waals surface area contributed by atoms with Gasteiger partial charge < -0.3 is 20.9 Å². The minimum Gasteiger partial charge on any atom is -0.381 e. The van der Waals surface area contributed by atoms with Crippen molar-refractivity contribution < 1.29 is 22.9 Å². The van der Waals surface area contributed by atoms with Crippen LogP contribution in [-0.4, -0.2) is 36.7 Å². The molecule has 208 valence electrons. The van der Waals surface area contributed by atoms with E-state index in [-0.39, 0.29) is 29.3 Å². The maximum absolute atomic E-state index is 15.5. The molecule has 2 atom stereocenters. The first-order valence-corrected chi connectivity index (χ1v) is 13.1. The first-order valence-electron chi connectivity index (χ1n) is 12.3. The van der Waals surface area contributed by atoms with E-state index in [1.165, 1.54) is 34.4 Å². The van der Waals surface area contributed by atoms with Crippen LogP contribution in [0.1, 0.15) is 46.6 Å². The molecule has 1 aliphatic rings. The molecular formula is C26H20F2N8O4S. The van der Waals surface area contributed by atoms with Gasteiger partial charge in [0.25, 0.3) is 11.5 Å². The Bertz CT molecular complexity index is 1890. The summed E-state index contributed by atoms with van der Waals surface area (Å²) >= 11 is 1.37. The molecule has 0 saturated carbocycles. The summed E-state index contributed by atoms with van der Waals surface area (Å²) in [5.74, 6) is -3.42. The Morgan fingerprint density at radius 3 is 2.80 bits per heavy atom. The number of halogens is 2. The van der Waals surface area contributed by atoms with Gasteiger partial charge in [0.05, 0.1) is 29.2 Å². The van der Waals surface area contributed by atoms with Gasteiger partial charge in [-0.1, -0.05) is 12.1 Å². The summed E-state index contributed by atoms with van der Waals surface area (Å²) in [6, 6.07) is 4.16. The summed E-state index contributed by atoms with van der Waals surface area (Å²) in [7, 11) is 0. The topological polar surface area (TPSA) is 171 Å². The zero-order valence-corrected chi connectivity index (χ0v) is 22.0. The lowest BCUT2D eigenvalue weighted by Gasteiger charge is -2.16. The number of nitrogens with one attached hydrogen (secondary N) is 2. The fourth-order valence-corrected chi connectivity index (χ4v) is 5.79. The van der Waals surface area contributed by atoms with E-state index in [0.29, 0.717) is 18.1 Å². The van der Waals surface area contributed by atoms with E-state index in [9.17, 15) is 18.8 Å². The molecule has 0 spiro atoms. The van der Waals surface area contributed by atoms with Crippen LogP contribution >= 0.6 is 11.3 Å². The van der Waals surface area contributed by atoms with Crippen LogP contribution < -0.4 is 21.9 Å². The maximum Gasteiger partial charge on any atom is 0.294 e. The van der Waals surface area contributed by atoms with Crippen LogP contribution in [0.15, 0.2) is 52.2 Å². The van der Waals surface area contributed by atoms with Gasteiger partial charge in [0, 0.05) is 34.0 Å². The van der Waals surface area contributed by atoms with Crippen LogP contribution in [0.3, 0.4) is 0 Å². The summed E-state index contributed by atoms with van der Waals surface area (Å²) in [6.45, 7) is 2.01. The molecule has 4 N–H and O–H groups in total. The monoisotopic (exact) mass is 578 g/mol. The average Bonchev–Trinajstić information content (AvgIpc) is 3.70. The minimum atomic E-state index is -1.18. The molecule has 0 radical (unpaired) electrons. The molecule has 12 nitrogen and oxygen atoms in total. The molecule has 4 aromatic heterocycles. The third-order valence-corrected chi connectivity index (χ3v) is 7.95. The lowest BCUT2D eigenvalue weighted by molar-refractivity contribution is -0.124. The fraction of sp³-hybridized carbons (Fsp3) is 0.192. The minimum absolute atomic E-state index is 0.181. The predicted octanol–water partition coefficient (Wildman–Crippen LogP) is 3.38. The van der Waals surface area contributed by atoms with Gasteiger partial charge in [-0.3, -0.25) is 19.0 Å². The highest BCUT2D eigenvalue weighted by atomic mass is 32.1. The van der Waals surface area contributed by atoms with Gasteiger partial charge in [-0.15, -0.1) is 16.4 Å². The number of aromatic nitrogens is 5. The van der Waals surface area contributed by atoms with Gasteiger partial charge in [0.2, 0.25) is 11.7 Å². The third-order valence-electron chi connectivity index (χ3n) is 6.78. The summed E-state index contributed by atoms with van der Waals surface area (Å²) in [4.78, 5) is 44.4. The first kappa shape index (κ1) is 26.2. The van der Waals surface area contributed by atoms with Crippen LogP contribution in [0.4, 0.5) is 20.3 Å². The molecule has 2 amide bonds. The molecule has 41 heavy (non-hydrogen) atoms. The van der Waals surface area contributed by atoms with Gasteiger partial charge >= 0.3 is 0 Å². The molecule has 15 heteroatoms. The number of benzene rings is 1. The van der Waals surface area contributed by atoms with E-state index in [1.54, 1.807) is 6.20 Å². The number of carbonyl (C=O) groups is 2. The van der Waals surface area contributed by atoms with Crippen LogP contribution in [0.5, 0.6) is 0 Å². The largest absolute Gasteiger partial charge is 0.381 e. The predicted molar refractivity (Wildman–Crippen MR) is 144 cm³/mol. The number of nitrogens with zero attached hydrogens (tertiary/aromatic N) is 5. The molecule has 0 fully saturated rings. The second kappa shape index (κ2) is 10.2. The highest BCUT2D eigenvalue weighted by Crippen LogP contribution is 2.35. The first-order chi connectivity index (χ1) is 19.7. The Morgan fingerprint density at radius 1 is 1.22 bits per heavy atom. The van der Waals surface area contributed by atoms with Crippen molar-refractivity contribution in [2.24, 2.45) is 0 Å². The molecule has 5 aromatic rings. The average molecular weight is 579 g/mol. The molecule has 0 saturated heterocycles. The Hall–Kier alpha value is -5.05. The van der Waals surface area contributed by atoms with Crippen molar-refractivity contribution in [3.63, 3.8) is 0 Å². The quantitative estimate of drug-likeness (QED) is 0.273. The van der Waals surface area contributed by atoms with E-state index in [1.807, 2.05) is 13.0 Å². The van der Waals surface area contributed by atoms with Crippen LogP contribution in [0.2, 0.25) is 0 Å². The van der Waals surface area contributed by atoms with Gasteiger partial charge in [0.1, 0.15) is 23.4 Å². The van der Waals surface area contributed by atoms with E-state index < -0.39 is 40.7 Å². The van der Waals surface area contributed by atoms with Gasteiger partial charge in [0.15, 0.2) is 11.6 Å². The van der Waals surface area contributed by atoms with Crippen molar-refractivity contribution >= 4 is 44.7 Å². The van der Waals surface area contributed by atoms with Crippen LogP contribution in [0, 0.1) is 11.6 Å². The van der Waals surface area contributed by atoms with Gasteiger partial charge in [-0.2, -0.15) is 5.10 Å². The smallest absolute Gasteiger partial charge is 0.294 e. The molecule has 0 aliphatic carbocycles. The third kappa shape index (κ3) is 4.59. The van der Waals surface area contributed by atoms with Gasteiger partial charge in [-0.05, 0) is 24.6 Å². The number of rotatable bonds is 6. The van der Waals surface area contributed by atoms with Crippen molar-refractivity contribution in [3.05, 3.63) is 81.3 Å². The van der Waals surface area contributed by atoms with E-state index >= 15 is 4.39 Å². The number of nitrogens with two attached hydrogens (primary N) is 1. The molecule has 6 rings (SSSR count). The Labute approximate surface area is 233 Å². The van der Waals surface area contributed by atoms with E-state index in [0.717, 1.165) is 27.1 Å². The Balaban J connectivity index is 1.29. The highest BCUT2D eigenvalue weighted by Gasteiger charge is 2.36. The normalized spacial score (nSPS) is 16.1. The van der Waals surface area contributed by atoms with Gasteiger partial charge in [-0.25, -0.2) is 13.8 Å². The van der Waals surface area contributed by atoms with Crippen molar-refractivity contribution in [3.8, 4) is 11.1 Å². The van der Waals surface area contributed by atoms with Crippen molar-refractivity contribution in [2.75, 3.05) is 11.1 Å². The number of hydrogen-bond acceptors (Lipinski definition) is 10. The second-order valence-corrected chi connectivity index (χ2v) is 10.6. The SMILES string of the molecule is C[C@@H]1C[C@@H](C(=O)NCc2cc3cnnc(N)c3s2)n2c1ncc(-c1ccc(F)c(NC(=O)c3ccno3)c1F)c2=O. The second-order valence-electron chi connectivity index (χ2n) is 9.42. The lowest BCUT2D eigenvalue weighted by Crippen LogP contribution is -2.36.